The van der Waals surface area contributed by atoms with Gasteiger partial charge in [-0.15, -0.1) is 22.9 Å². The molecule has 5 heteroatoms. The molecule has 0 aliphatic carbocycles. The molecule has 0 radical (unpaired) electrons. The molecular weight excluding hydrogens is 281 g/mol. The van der Waals surface area contributed by atoms with Crippen LogP contribution in [-0.4, -0.2) is 0 Å². The number of rotatable bonds is 2. The van der Waals surface area contributed by atoms with Crippen LogP contribution in [0, 0.1) is 31.3 Å². The first-order chi connectivity index (χ1) is 8.40. The van der Waals surface area contributed by atoms with Gasteiger partial charge in [-0.05, 0) is 25.5 Å². The first kappa shape index (κ1) is 13.4. The van der Waals surface area contributed by atoms with E-state index in [-0.39, 0.29) is 5.56 Å². The van der Waals surface area contributed by atoms with Crippen LogP contribution in [0.5, 0.6) is 0 Å². The van der Waals surface area contributed by atoms with Crippen molar-refractivity contribution >= 4 is 22.9 Å². The molecule has 0 aliphatic heterocycles. The number of aryl methyl sites for hydroxylation is 2. The van der Waals surface area contributed by atoms with E-state index >= 15 is 0 Å². The second-order valence-electron chi connectivity index (χ2n) is 4.03. The summed E-state index contributed by atoms with van der Waals surface area (Å²) in [6, 6.07) is 3.07. The lowest BCUT2D eigenvalue weighted by Gasteiger charge is -2.10. The Kier molecular flexibility index (Phi) is 3.69. The van der Waals surface area contributed by atoms with Gasteiger partial charge in [-0.3, -0.25) is 0 Å². The van der Waals surface area contributed by atoms with E-state index in [1.54, 1.807) is 6.07 Å². The van der Waals surface area contributed by atoms with Gasteiger partial charge in [0.1, 0.15) is 17.5 Å². The molecule has 96 valence electrons. The fourth-order valence-corrected chi connectivity index (χ4v) is 3.10. The number of thiophene rings is 1. The first-order valence-electron chi connectivity index (χ1n) is 5.25. The highest BCUT2D eigenvalue weighted by molar-refractivity contribution is 7.12. The zero-order chi connectivity index (χ0) is 13.4. The standard InChI is InChI=1S/C13H10ClF3S/c1-6-3-11(18-7(6)2)13(14)12-9(16)4-8(15)5-10(12)17/h3-5,13H,1-2H3. The zero-order valence-electron chi connectivity index (χ0n) is 9.73. The number of benzene rings is 1. The van der Waals surface area contributed by atoms with Crippen molar-refractivity contribution < 1.29 is 13.2 Å². The highest BCUT2D eigenvalue weighted by atomic mass is 35.5. The average Bonchev–Trinajstić information content (AvgIpc) is 2.57. The minimum Gasteiger partial charge on any atom is -0.207 e. The summed E-state index contributed by atoms with van der Waals surface area (Å²) in [5.74, 6) is -2.87. The summed E-state index contributed by atoms with van der Waals surface area (Å²) >= 11 is 7.47. The summed E-state index contributed by atoms with van der Waals surface area (Å²) in [7, 11) is 0. The molecule has 0 fully saturated rings. The molecule has 18 heavy (non-hydrogen) atoms. The van der Waals surface area contributed by atoms with Gasteiger partial charge in [-0.2, -0.15) is 0 Å². The van der Waals surface area contributed by atoms with Gasteiger partial charge in [-0.25, -0.2) is 13.2 Å². The van der Waals surface area contributed by atoms with Crippen molar-refractivity contribution in [1.82, 2.24) is 0 Å². The SMILES string of the molecule is Cc1cc(C(Cl)c2c(F)cc(F)cc2F)sc1C. The Labute approximate surface area is 112 Å². The third kappa shape index (κ3) is 2.40. The van der Waals surface area contributed by atoms with Gasteiger partial charge in [0, 0.05) is 27.5 Å². The molecule has 1 heterocycles. The molecular formula is C13H10ClF3S. The van der Waals surface area contributed by atoms with E-state index in [1.807, 2.05) is 13.8 Å². The normalized spacial score (nSPS) is 12.8. The minimum absolute atomic E-state index is 0.306. The Hall–Kier alpha value is -1.00. The number of halogens is 4. The summed E-state index contributed by atoms with van der Waals surface area (Å²) in [5, 5.41) is -0.942. The lowest BCUT2D eigenvalue weighted by molar-refractivity contribution is 0.526. The van der Waals surface area contributed by atoms with Gasteiger partial charge in [0.05, 0.1) is 5.38 Å². The Morgan fingerprint density at radius 3 is 2.06 bits per heavy atom. The largest absolute Gasteiger partial charge is 0.207 e. The van der Waals surface area contributed by atoms with Crippen molar-refractivity contribution in [1.29, 1.82) is 0 Å². The highest BCUT2D eigenvalue weighted by Gasteiger charge is 2.22. The Bertz CT molecular complexity index is 549. The molecule has 0 aliphatic rings. The highest BCUT2D eigenvalue weighted by Crippen LogP contribution is 2.37. The number of hydrogen-bond donors (Lipinski definition) is 0. The van der Waals surface area contributed by atoms with Crippen LogP contribution in [-0.2, 0) is 0 Å². The lowest BCUT2D eigenvalue weighted by atomic mass is 10.1. The fourth-order valence-electron chi connectivity index (χ4n) is 1.66. The van der Waals surface area contributed by atoms with E-state index in [9.17, 15) is 13.2 Å². The van der Waals surface area contributed by atoms with Gasteiger partial charge in [0.15, 0.2) is 0 Å². The molecule has 0 nitrogen and oxygen atoms in total. The van der Waals surface area contributed by atoms with E-state index < -0.39 is 22.8 Å². The van der Waals surface area contributed by atoms with Crippen LogP contribution in [0.3, 0.4) is 0 Å². The predicted molar refractivity (Wildman–Crippen MR) is 67.8 cm³/mol. The maximum atomic E-state index is 13.6. The van der Waals surface area contributed by atoms with Gasteiger partial charge in [0.2, 0.25) is 0 Å². The number of alkyl halides is 1. The summed E-state index contributed by atoms with van der Waals surface area (Å²) in [5.41, 5.74) is 0.711. The van der Waals surface area contributed by atoms with Gasteiger partial charge >= 0.3 is 0 Å². The zero-order valence-corrected chi connectivity index (χ0v) is 11.3. The summed E-state index contributed by atoms with van der Waals surface area (Å²) < 4.78 is 40.0. The van der Waals surface area contributed by atoms with E-state index in [1.165, 1.54) is 11.3 Å². The van der Waals surface area contributed by atoms with Crippen LogP contribution in [0.1, 0.15) is 26.3 Å². The molecule has 0 saturated carbocycles. The molecule has 1 aromatic heterocycles. The monoisotopic (exact) mass is 290 g/mol. The second kappa shape index (κ2) is 4.94. The van der Waals surface area contributed by atoms with Crippen LogP contribution in [0.25, 0.3) is 0 Å². The van der Waals surface area contributed by atoms with E-state index in [0.717, 1.165) is 10.4 Å². The summed E-state index contributed by atoms with van der Waals surface area (Å²) in [6.45, 7) is 3.81. The van der Waals surface area contributed by atoms with Crippen molar-refractivity contribution in [3.8, 4) is 0 Å². The van der Waals surface area contributed by atoms with Gasteiger partial charge < -0.3 is 0 Å². The van der Waals surface area contributed by atoms with E-state index in [0.29, 0.717) is 17.0 Å². The second-order valence-corrected chi connectivity index (χ2v) is 5.76. The van der Waals surface area contributed by atoms with Crippen molar-refractivity contribution in [3.63, 3.8) is 0 Å². The fraction of sp³-hybridized carbons (Fsp3) is 0.231. The van der Waals surface area contributed by atoms with Crippen molar-refractivity contribution in [3.05, 3.63) is 56.5 Å². The summed E-state index contributed by atoms with van der Waals surface area (Å²) in [4.78, 5) is 1.69. The Morgan fingerprint density at radius 2 is 1.61 bits per heavy atom. The molecule has 2 rings (SSSR count). The van der Waals surface area contributed by atoms with E-state index in [4.69, 9.17) is 11.6 Å². The molecule has 0 saturated heterocycles. The molecule has 0 amide bonds. The van der Waals surface area contributed by atoms with Crippen molar-refractivity contribution in [2.45, 2.75) is 19.2 Å². The molecule has 2 aromatic rings. The van der Waals surface area contributed by atoms with Crippen LogP contribution in [0.15, 0.2) is 18.2 Å². The van der Waals surface area contributed by atoms with Gasteiger partial charge in [0.25, 0.3) is 0 Å². The minimum atomic E-state index is -0.962. The smallest absolute Gasteiger partial charge is 0.134 e. The molecule has 0 spiro atoms. The molecule has 0 bridgehead atoms. The van der Waals surface area contributed by atoms with Crippen molar-refractivity contribution in [2.75, 3.05) is 0 Å². The van der Waals surface area contributed by atoms with Crippen LogP contribution >= 0.6 is 22.9 Å². The maximum Gasteiger partial charge on any atom is 0.134 e. The Balaban J connectivity index is 2.49. The number of hydrogen-bond acceptors (Lipinski definition) is 1. The average molecular weight is 291 g/mol. The maximum absolute atomic E-state index is 13.6. The molecule has 1 aromatic carbocycles. The van der Waals surface area contributed by atoms with Crippen LogP contribution < -0.4 is 0 Å². The lowest BCUT2D eigenvalue weighted by Crippen LogP contribution is -2.00. The third-order valence-electron chi connectivity index (χ3n) is 2.73. The first-order valence-corrected chi connectivity index (χ1v) is 6.51. The summed E-state index contributed by atoms with van der Waals surface area (Å²) in [6.07, 6.45) is 0. The topological polar surface area (TPSA) is 0 Å². The van der Waals surface area contributed by atoms with Crippen molar-refractivity contribution in [2.24, 2.45) is 0 Å². The molecule has 0 N–H and O–H groups in total. The predicted octanol–water partition coefficient (Wildman–Crippen LogP) is 5.11. The molecule has 1 atom stereocenters. The molecule has 1 unspecified atom stereocenters. The van der Waals surface area contributed by atoms with Crippen LogP contribution in [0.2, 0.25) is 0 Å². The Morgan fingerprint density at radius 1 is 1.06 bits per heavy atom. The third-order valence-corrected chi connectivity index (χ3v) is 4.53. The van der Waals surface area contributed by atoms with E-state index in [2.05, 4.69) is 0 Å². The van der Waals surface area contributed by atoms with Gasteiger partial charge in [-0.1, -0.05) is 0 Å². The quantitative estimate of drug-likeness (QED) is 0.674. The van der Waals surface area contributed by atoms with Crippen LogP contribution in [0.4, 0.5) is 13.2 Å².